The van der Waals surface area contributed by atoms with Gasteiger partial charge in [-0.1, -0.05) is 41.6 Å². The molecule has 0 spiro atoms. The monoisotopic (exact) mass is 364 g/mol. The van der Waals surface area contributed by atoms with E-state index < -0.39 is 18.0 Å². The first-order chi connectivity index (χ1) is 12.9. The van der Waals surface area contributed by atoms with Crippen molar-refractivity contribution in [3.8, 4) is 0 Å². The van der Waals surface area contributed by atoms with Gasteiger partial charge in [-0.2, -0.15) is 0 Å². The van der Waals surface area contributed by atoms with Gasteiger partial charge in [-0.3, -0.25) is 4.79 Å². The van der Waals surface area contributed by atoms with Crippen molar-refractivity contribution in [2.45, 2.75) is 26.9 Å². The highest BCUT2D eigenvalue weighted by atomic mass is 16.6. The third-order valence-electron chi connectivity index (χ3n) is 3.88. The SMILES string of the molecule is Cc1cc(C)cc(NC(=O)[C@@H](OC(=O)c2cc(C)no2)c2ccccc2)c1. The summed E-state index contributed by atoms with van der Waals surface area (Å²) in [4.78, 5) is 25.2. The lowest BCUT2D eigenvalue weighted by Gasteiger charge is -2.18. The van der Waals surface area contributed by atoms with Crippen LogP contribution in [0, 0.1) is 20.8 Å². The predicted molar refractivity (Wildman–Crippen MR) is 100 cm³/mol. The van der Waals surface area contributed by atoms with Gasteiger partial charge in [-0.05, 0) is 44.0 Å². The summed E-state index contributed by atoms with van der Waals surface area (Å²) in [5.74, 6) is -1.25. The number of nitrogens with one attached hydrogen (secondary N) is 1. The number of benzene rings is 2. The Morgan fingerprint density at radius 1 is 1.00 bits per heavy atom. The van der Waals surface area contributed by atoms with Crippen molar-refractivity contribution in [2.75, 3.05) is 5.32 Å². The lowest BCUT2D eigenvalue weighted by Crippen LogP contribution is -2.26. The van der Waals surface area contributed by atoms with Gasteiger partial charge in [-0.25, -0.2) is 4.79 Å². The first kappa shape index (κ1) is 18.4. The first-order valence-corrected chi connectivity index (χ1v) is 8.51. The minimum Gasteiger partial charge on any atom is -0.441 e. The standard InChI is InChI=1S/C21H20N2O4/c1-13-9-14(2)11-17(10-13)22-20(24)19(16-7-5-4-6-8-16)26-21(25)18-12-15(3)23-27-18/h4-12,19H,1-3H3,(H,22,24)/t19-/m0/s1. The Bertz CT molecular complexity index is 943. The second kappa shape index (κ2) is 7.86. The molecular formula is C21H20N2O4. The minimum atomic E-state index is -1.12. The molecule has 0 aliphatic rings. The van der Waals surface area contributed by atoms with Crippen LogP contribution >= 0.6 is 0 Å². The number of hydrogen-bond acceptors (Lipinski definition) is 5. The fourth-order valence-electron chi connectivity index (χ4n) is 2.78. The molecule has 1 heterocycles. The van der Waals surface area contributed by atoms with Gasteiger partial charge in [0.25, 0.3) is 5.91 Å². The minimum absolute atomic E-state index is 0.0485. The van der Waals surface area contributed by atoms with E-state index in [1.807, 2.05) is 38.1 Å². The number of hydrogen-bond donors (Lipinski definition) is 1. The fourth-order valence-corrected chi connectivity index (χ4v) is 2.78. The number of aromatic nitrogens is 1. The molecule has 0 fully saturated rings. The average molecular weight is 364 g/mol. The van der Waals surface area contributed by atoms with Crippen molar-refractivity contribution in [2.24, 2.45) is 0 Å². The molecule has 0 aliphatic heterocycles. The topological polar surface area (TPSA) is 81.4 Å². The third kappa shape index (κ3) is 4.61. The summed E-state index contributed by atoms with van der Waals surface area (Å²) >= 11 is 0. The number of ether oxygens (including phenoxy) is 1. The van der Waals surface area contributed by atoms with Crippen LogP contribution in [0.15, 0.2) is 59.1 Å². The second-order valence-corrected chi connectivity index (χ2v) is 6.39. The molecule has 2 aromatic carbocycles. The highest BCUT2D eigenvalue weighted by Crippen LogP contribution is 2.23. The van der Waals surface area contributed by atoms with Crippen LogP contribution in [0.25, 0.3) is 0 Å². The van der Waals surface area contributed by atoms with Crippen LogP contribution in [0.1, 0.15) is 39.0 Å². The van der Waals surface area contributed by atoms with Crippen molar-refractivity contribution in [1.82, 2.24) is 5.16 Å². The van der Waals surface area contributed by atoms with Gasteiger partial charge in [0.05, 0.1) is 5.69 Å². The van der Waals surface area contributed by atoms with Gasteiger partial charge in [0, 0.05) is 17.3 Å². The highest BCUT2D eigenvalue weighted by molar-refractivity contribution is 5.97. The molecule has 0 unspecified atom stereocenters. The molecule has 27 heavy (non-hydrogen) atoms. The van der Waals surface area contributed by atoms with Crippen LogP contribution in [0.3, 0.4) is 0 Å². The molecule has 138 valence electrons. The van der Waals surface area contributed by atoms with Gasteiger partial charge in [0.1, 0.15) is 0 Å². The number of carbonyl (C=O) groups excluding carboxylic acids is 2. The summed E-state index contributed by atoms with van der Waals surface area (Å²) in [6, 6.07) is 16.0. The molecule has 0 bridgehead atoms. The van der Waals surface area contributed by atoms with E-state index in [1.165, 1.54) is 6.07 Å². The van der Waals surface area contributed by atoms with Crippen LogP contribution in [0.2, 0.25) is 0 Å². The van der Waals surface area contributed by atoms with E-state index in [2.05, 4.69) is 10.5 Å². The Kier molecular flexibility index (Phi) is 5.35. The van der Waals surface area contributed by atoms with E-state index in [-0.39, 0.29) is 5.76 Å². The van der Waals surface area contributed by atoms with Gasteiger partial charge in [-0.15, -0.1) is 0 Å². The van der Waals surface area contributed by atoms with Gasteiger partial charge in [0.15, 0.2) is 0 Å². The number of anilines is 1. The normalized spacial score (nSPS) is 11.7. The number of esters is 1. The smallest absolute Gasteiger partial charge is 0.378 e. The van der Waals surface area contributed by atoms with E-state index in [0.29, 0.717) is 16.9 Å². The maximum atomic E-state index is 12.9. The number of rotatable bonds is 5. The molecule has 1 N–H and O–H groups in total. The average Bonchev–Trinajstić information content (AvgIpc) is 3.06. The first-order valence-electron chi connectivity index (χ1n) is 8.51. The zero-order chi connectivity index (χ0) is 19.4. The van der Waals surface area contributed by atoms with E-state index in [0.717, 1.165) is 11.1 Å². The van der Waals surface area contributed by atoms with Gasteiger partial charge >= 0.3 is 5.97 Å². The maximum Gasteiger partial charge on any atom is 0.378 e. The van der Waals surface area contributed by atoms with E-state index >= 15 is 0 Å². The Labute approximate surface area is 157 Å². The van der Waals surface area contributed by atoms with E-state index in [1.54, 1.807) is 31.2 Å². The molecule has 1 aromatic heterocycles. The maximum absolute atomic E-state index is 12.9. The van der Waals surface area contributed by atoms with Crippen LogP contribution in [0.5, 0.6) is 0 Å². The van der Waals surface area contributed by atoms with Crippen LogP contribution < -0.4 is 5.32 Å². The Morgan fingerprint density at radius 2 is 1.67 bits per heavy atom. The summed E-state index contributed by atoms with van der Waals surface area (Å²) in [6.45, 7) is 5.59. The van der Waals surface area contributed by atoms with E-state index in [4.69, 9.17) is 9.26 Å². The quantitative estimate of drug-likeness (QED) is 0.688. The molecule has 0 aliphatic carbocycles. The highest BCUT2D eigenvalue weighted by Gasteiger charge is 2.27. The van der Waals surface area contributed by atoms with Crippen molar-refractivity contribution in [1.29, 1.82) is 0 Å². The van der Waals surface area contributed by atoms with Crippen molar-refractivity contribution < 1.29 is 18.8 Å². The van der Waals surface area contributed by atoms with Crippen molar-refractivity contribution in [3.63, 3.8) is 0 Å². The zero-order valence-electron chi connectivity index (χ0n) is 15.4. The molecule has 3 aromatic rings. The van der Waals surface area contributed by atoms with Crippen LogP contribution in [-0.4, -0.2) is 17.0 Å². The molecule has 0 saturated heterocycles. The second-order valence-electron chi connectivity index (χ2n) is 6.39. The van der Waals surface area contributed by atoms with E-state index in [9.17, 15) is 9.59 Å². The lowest BCUT2D eigenvalue weighted by molar-refractivity contribution is -0.125. The van der Waals surface area contributed by atoms with Crippen LogP contribution in [-0.2, 0) is 9.53 Å². The Balaban J connectivity index is 1.85. The molecule has 6 nitrogen and oxygen atoms in total. The molecule has 0 saturated carbocycles. The number of nitrogens with zero attached hydrogens (tertiary/aromatic N) is 1. The summed E-state index contributed by atoms with van der Waals surface area (Å²) < 4.78 is 10.4. The molecule has 6 heteroatoms. The molecule has 3 rings (SSSR count). The van der Waals surface area contributed by atoms with Crippen molar-refractivity contribution in [3.05, 3.63) is 82.7 Å². The van der Waals surface area contributed by atoms with Crippen molar-refractivity contribution >= 4 is 17.6 Å². The summed E-state index contributed by atoms with van der Waals surface area (Å²) in [5, 5.41) is 6.50. The Morgan fingerprint density at radius 3 is 2.26 bits per heavy atom. The van der Waals surface area contributed by atoms with Crippen LogP contribution in [0.4, 0.5) is 5.69 Å². The van der Waals surface area contributed by atoms with Gasteiger partial charge < -0.3 is 14.6 Å². The predicted octanol–water partition coefficient (Wildman–Crippen LogP) is 4.14. The summed E-state index contributed by atoms with van der Waals surface area (Å²) in [5.41, 5.74) is 3.80. The number of aryl methyl sites for hydroxylation is 3. The molecular weight excluding hydrogens is 344 g/mol. The largest absolute Gasteiger partial charge is 0.441 e. The zero-order valence-corrected chi connectivity index (χ0v) is 15.4. The molecule has 1 amide bonds. The Hall–Kier alpha value is -3.41. The van der Waals surface area contributed by atoms with Gasteiger partial charge in [0.2, 0.25) is 11.9 Å². The lowest BCUT2D eigenvalue weighted by atomic mass is 10.1. The fraction of sp³-hybridized carbons (Fsp3) is 0.190. The molecule has 0 radical (unpaired) electrons. The third-order valence-corrected chi connectivity index (χ3v) is 3.88. The summed E-state index contributed by atoms with van der Waals surface area (Å²) in [6.07, 6.45) is -1.12. The number of carbonyl (C=O) groups is 2. The molecule has 1 atom stereocenters. The number of amides is 1. The summed E-state index contributed by atoms with van der Waals surface area (Å²) in [7, 11) is 0.